The first kappa shape index (κ1) is 20.7. The summed E-state index contributed by atoms with van der Waals surface area (Å²) in [6, 6.07) is 17.4. The van der Waals surface area contributed by atoms with Gasteiger partial charge in [0.15, 0.2) is 0 Å². The van der Waals surface area contributed by atoms with Gasteiger partial charge in [-0.25, -0.2) is 9.97 Å². The Bertz CT molecular complexity index is 1130. The van der Waals surface area contributed by atoms with Crippen LogP contribution in [0.5, 0.6) is 0 Å². The predicted molar refractivity (Wildman–Crippen MR) is 134 cm³/mol. The van der Waals surface area contributed by atoms with Gasteiger partial charge in [-0.2, -0.15) is 0 Å². The molecule has 170 valence electrons. The van der Waals surface area contributed by atoms with E-state index in [1.807, 2.05) is 0 Å². The summed E-state index contributed by atoms with van der Waals surface area (Å²) in [6.07, 6.45) is 6.40. The zero-order chi connectivity index (χ0) is 22.3. The maximum absolute atomic E-state index is 4.76. The predicted octanol–water partition coefficient (Wildman–Crippen LogP) is 4.78. The number of anilines is 2. The van der Waals surface area contributed by atoms with Crippen LogP contribution in [-0.2, 0) is 24.9 Å². The second-order valence-electron chi connectivity index (χ2n) is 10.0. The van der Waals surface area contributed by atoms with E-state index in [1.54, 1.807) is 11.9 Å². The van der Waals surface area contributed by atoms with Gasteiger partial charge in [-0.1, -0.05) is 49.4 Å². The highest BCUT2D eigenvalue weighted by atomic mass is 15.2. The second kappa shape index (κ2) is 8.45. The molecule has 1 atom stereocenters. The number of hydrogen-bond donors (Lipinski definition) is 2. The highest BCUT2D eigenvalue weighted by molar-refractivity contribution is 5.64. The third kappa shape index (κ3) is 3.68. The molecule has 3 aromatic rings. The molecule has 5 heteroatoms. The Morgan fingerprint density at radius 1 is 1.03 bits per heavy atom. The number of nitrogens with zero attached hydrogens (tertiary/aromatic N) is 3. The maximum atomic E-state index is 4.76. The first-order chi connectivity index (χ1) is 16.2. The van der Waals surface area contributed by atoms with Gasteiger partial charge < -0.3 is 15.5 Å². The molecule has 1 aliphatic carbocycles. The third-order valence-corrected chi connectivity index (χ3v) is 8.06. The van der Waals surface area contributed by atoms with E-state index in [1.165, 1.54) is 40.3 Å². The molecule has 0 radical (unpaired) electrons. The lowest BCUT2D eigenvalue weighted by molar-refractivity contribution is 0.357. The molecule has 6 rings (SSSR count). The van der Waals surface area contributed by atoms with Crippen molar-refractivity contribution in [2.45, 2.75) is 57.0 Å². The quantitative estimate of drug-likeness (QED) is 0.599. The highest BCUT2D eigenvalue weighted by Crippen LogP contribution is 2.47. The van der Waals surface area contributed by atoms with Gasteiger partial charge in [0.1, 0.15) is 12.1 Å². The molecule has 2 aliphatic heterocycles. The molecule has 33 heavy (non-hydrogen) atoms. The van der Waals surface area contributed by atoms with Crippen molar-refractivity contribution >= 4 is 11.5 Å². The molecule has 1 unspecified atom stereocenters. The van der Waals surface area contributed by atoms with E-state index < -0.39 is 0 Å². The molecular weight excluding hydrogens is 406 g/mol. The van der Waals surface area contributed by atoms with Gasteiger partial charge in [-0.3, -0.25) is 0 Å². The molecule has 2 N–H and O–H groups in total. The summed E-state index contributed by atoms with van der Waals surface area (Å²) < 4.78 is 0. The first-order valence-electron chi connectivity index (χ1n) is 12.4. The average Bonchev–Trinajstić information content (AvgIpc) is 3.42. The van der Waals surface area contributed by atoms with Crippen LogP contribution in [-0.4, -0.2) is 29.6 Å². The fourth-order valence-electron chi connectivity index (χ4n) is 6.26. The highest BCUT2D eigenvalue weighted by Gasteiger charge is 2.43. The number of hydrogen-bond acceptors (Lipinski definition) is 5. The van der Waals surface area contributed by atoms with Crippen LogP contribution in [0, 0.1) is 0 Å². The van der Waals surface area contributed by atoms with E-state index in [0.29, 0.717) is 5.92 Å². The zero-order valence-corrected chi connectivity index (χ0v) is 19.5. The molecular formula is C28H33N5. The van der Waals surface area contributed by atoms with E-state index in [-0.39, 0.29) is 5.41 Å². The monoisotopic (exact) mass is 439 g/mol. The number of rotatable bonds is 5. The molecule has 0 bridgehead atoms. The second-order valence-corrected chi connectivity index (χ2v) is 10.0. The van der Waals surface area contributed by atoms with E-state index in [2.05, 4.69) is 76.0 Å². The van der Waals surface area contributed by atoms with Gasteiger partial charge in [-0.05, 0) is 54.4 Å². The van der Waals surface area contributed by atoms with Crippen LogP contribution in [0.4, 0.5) is 11.5 Å². The molecule has 1 aromatic heterocycles. The number of nitrogens with one attached hydrogen (secondary N) is 2. The molecule has 1 spiro atoms. The fraction of sp³-hybridized carbons (Fsp3) is 0.429. The molecule has 1 saturated heterocycles. The number of aryl methyl sites for hydroxylation is 1. The van der Waals surface area contributed by atoms with Crippen LogP contribution in [0.2, 0.25) is 0 Å². The summed E-state index contributed by atoms with van der Waals surface area (Å²) in [5.74, 6) is 1.77. The van der Waals surface area contributed by atoms with Crippen LogP contribution >= 0.6 is 0 Å². The van der Waals surface area contributed by atoms with E-state index in [0.717, 1.165) is 52.0 Å². The van der Waals surface area contributed by atoms with Crippen LogP contribution < -0.4 is 15.5 Å². The summed E-state index contributed by atoms with van der Waals surface area (Å²) >= 11 is 0. The lowest BCUT2D eigenvalue weighted by Gasteiger charge is -2.41. The van der Waals surface area contributed by atoms with Crippen molar-refractivity contribution < 1.29 is 0 Å². The number of aromatic nitrogens is 2. The van der Waals surface area contributed by atoms with Gasteiger partial charge in [0.2, 0.25) is 0 Å². The summed E-state index contributed by atoms with van der Waals surface area (Å²) in [5.41, 5.74) is 8.55. The Balaban J connectivity index is 1.20. The van der Waals surface area contributed by atoms with Gasteiger partial charge in [-0.15, -0.1) is 0 Å². The SMILES string of the molecule is CC1CCc2ncnc(N3CCC4(CC3)CNc3cccc(CNCc5ccccc5)c34)c21. The molecule has 3 aliphatic rings. The Morgan fingerprint density at radius 2 is 1.88 bits per heavy atom. The minimum Gasteiger partial charge on any atom is -0.384 e. The summed E-state index contributed by atoms with van der Waals surface area (Å²) in [5, 5.41) is 7.42. The fourth-order valence-corrected chi connectivity index (χ4v) is 6.26. The minimum absolute atomic E-state index is 0.221. The molecule has 0 saturated carbocycles. The Kier molecular flexibility index (Phi) is 5.30. The topological polar surface area (TPSA) is 53.1 Å². The van der Waals surface area contributed by atoms with E-state index in [4.69, 9.17) is 4.98 Å². The van der Waals surface area contributed by atoms with Crippen LogP contribution in [0.3, 0.4) is 0 Å². The average molecular weight is 440 g/mol. The van der Waals surface area contributed by atoms with Crippen LogP contribution in [0.1, 0.15) is 60.1 Å². The number of benzene rings is 2. The molecule has 5 nitrogen and oxygen atoms in total. The van der Waals surface area contributed by atoms with E-state index >= 15 is 0 Å². The van der Waals surface area contributed by atoms with Crippen molar-refractivity contribution in [1.29, 1.82) is 0 Å². The van der Waals surface area contributed by atoms with Crippen molar-refractivity contribution in [3.8, 4) is 0 Å². The van der Waals surface area contributed by atoms with Gasteiger partial charge in [0.25, 0.3) is 0 Å². The molecule has 0 amide bonds. The Morgan fingerprint density at radius 3 is 2.73 bits per heavy atom. The zero-order valence-electron chi connectivity index (χ0n) is 19.5. The van der Waals surface area contributed by atoms with Gasteiger partial charge >= 0.3 is 0 Å². The molecule has 2 aromatic carbocycles. The molecule has 3 heterocycles. The lowest BCUT2D eigenvalue weighted by atomic mass is 9.72. The molecule has 1 fully saturated rings. The van der Waals surface area contributed by atoms with Crippen molar-refractivity contribution in [3.05, 3.63) is 82.8 Å². The van der Waals surface area contributed by atoms with Crippen molar-refractivity contribution in [2.24, 2.45) is 0 Å². The van der Waals surface area contributed by atoms with Crippen LogP contribution in [0.25, 0.3) is 0 Å². The normalized spacial score (nSPS) is 20.5. The number of piperidine rings is 1. The van der Waals surface area contributed by atoms with Crippen molar-refractivity contribution in [2.75, 3.05) is 29.9 Å². The summed E-state index contributed by atoms with van der Waals surface area (Å²) in [7, 11) is 0. The largest absolute Gasteiger partial charge is 0.384 e. The number of fused-ring (bicyclic) bond motifs is 3. The van der Waals surface area contributed by atoms with Crippen LogP contribution in [0.15, 0.2) is 54.9 Å². The summed E-state index contributed by atoms with van der Waals surface area (Å²) in [6.45, 7) is 7.30. The van der Waals surface area contributed by atoms with Gasteiger partial charge in [0.05, 0.1) is 0 Å². The first-order valence-corrected chi connectivity index (χ1v) is 12.4. The maximum Gasteiger partial charge on any atom is 0.135 e. The van der Waals surface area contributed by atoms with Crippen molar-refractivity contribution in [3.63, 3.8) is 0 Å². The third-order valence-electron chi connectivity index (χ3n) is 8.06. The summed E-state index contributed by atoms with van der Waals surface area (Å²) in [4.78, 5) is 11.9. The lowest BCUT2D eigenvalue weighted by Crippen LogP contribution is -2.45. The standard InChI is InChI=1S/C28H33N5/c1-20-10-11-23-25(20)27(32-19-31-23)33-14-12-28(13-15-33)18-30-24-9-5-8-22(26(24)28)17-29-16-21-6-3-2-4-7-21/h2-9,19-20,29-30H,10-18H2,1H3. The Labute approximate surface area is 196 Å². The van der Waals surface area contributed by atoms with E-state index in [9.17, 15) is 0 Å². The van der Waals surface area contributed by atoms with Gasteiger partial charge in [0, 0.05) is 55.1 Å². The van der Waals surface area contributed by atoms with Crippen molar-refractivity contribution in [1.82, 2.24) is 15.3 Å². The smallest absolute Gasteiger partial charge is 0.135 e. The Hall–Kier alpha value is -2.92. The minimum atomic E-state index is 0.221.